The lowest BCUT2D eigenvalue weighted by Gasteiger charge is -2.20. The molecule has 1 aliphatic rings. The molecule has 23 heavy (non-hydrogen) atoms. The van der Waals surface area contributed by atoms with Gasteiger partial charge in [0.05, 0.1) is 24.3 Å². The van der Waals surface area contributed by atoms with Crippen LogP contribution in [0.2, 0.25) is 0 Å². The highest BCUT2D eigenvalue weighted by atomic mass is 32.2. The summed E-state index contributed by atoms with van der Waals surface area (Å²) in [6.45, 7) is 2.88. The van der Waals surface area contributed by atoms with Gasteiger partial charge in [0.15, 0.2) is 0 Å². The van der Waals surface area contributed by atoms with Crippen LogP contribution in [0.1, 0.15) is 12.5 Å². The lowest BCUT2D eigenvalue weighted by Crippen LogP contribution is -2.29. The van der Waals surface area contributed by atoms with Crippen molar-refractivity contribution in [2.24, 2.45) is 0 Å². The van der Waals surface area contributed by atoms with Crippen LogP contribution in [-0.4, -0.2) is 28.7 Å². The summed E-state index contributed by atoms with van der Waals surface area (Å²) in [5.74, 6) is 1.40. The van der Waals surface area contributed by atoms with Crippen LogP contribution in [-0.2, 0) is 16.4 Å². The number of benzene rings is 2. The van der Waals surface area contributed by atoms with Crippen LogP contribution in [0.5, 0.6) is 11.5 Å². The highest BCUT2D eigenvalue weighted by Gasteiger charge is 2.31. The molecule has 0 aromatic heterocycles. The van der Waals surface area contributed by atoms with Gasteiger partial charge in [-0.25, -0.2) is 8.42 Å². The molecule has 0 fully saturated rings. The maximum atomic E-state index is 12.9. The van der Waals surface area contributed by atoms with Crippen molar-refractivity contribution in [1.82, 2.24) is 0 Å². The summed E-state index contributed by atoms with van der Waals surface area (Å²) in [5.41, 5.74) is 1.71. The molecule has 0 aliphatic carbocycles. The molecule has 3 rings (SSSR count). The van der Waals surface area contributed by atoms with E-state index < -0.39 is 10.0 Å². The van der Waals surface area contributed by atoms with E-state index in [4.69, 9.17) is 9.47 Å². The number of ether oxygens (including phenoxy) is 2. The summed E-state index contributed by atoms with van der Waals surface area (Å²) in [7, 11) is -1.96. The van der Waals surface area contributed by atoms with E-state index in [9.17, 15) is 8.42 Å². The average molecular weight is 333 g/mol. The van der Waals surface area contributed by atoms with Gasteiger partial charge in [0.2, 0.25) is 0 Å². The maximum Gasteiger partial charge on any atom is 0.264 e. The van der Waals surface area contributed by atoms with Crippen LogP contribution < -0.4 is 13.8 Å². The lowest BCUT2D eigenvalue weighted by molar-refractivity contribution is 0.340. The van der Waals surface area contributed by atoms with E-state index in [-0.39, 0.29) is 4.90 Å². The van der Waals surface area contributed by atoms with Gasteiger partial charge in [-0.2, -0.15) is 0 Å². The van der Waals surface area contributed by atoms with Crippen LogP contribution in [0.4, 0.5) is 5.69 Å². The molecule has 1 aliphatic heterocycles. The second kappa shape index (κ2) is 6.12. The largest absolute Gasteiger partial charge is 0.497 e. The minimum Gasteiger partial charge on any atom is -0.497 e. The van der Waals surface area contributed by atoms with Crippen molar-refractivity contribution < 1.29 is 17.9 Å². The maximum absolute atomic E-state index is 12.9. The Labute approximate surface area is 136 Å². The minimum atomic E-state index is -3.57. The molecule has 2 aromatic rings. The molecule has 6 heteroatoms. The SMILES string of the molecule is CCOc1ccc(S(=O)(=O)N2CCc3cc(OC)ccc32)cc1. The number of hydrogen-bond donors (Lipinski definition) is 0. The molecule has 0 N–H and O–H groups in total. The summed E-state index contributed by atoms with van der Waals surface area (Å²) in [6.07, 6.45) is 0.683. The van der Waals surface area contributed by atoms with Gasteiger partial charge in [0.1, 0.15) is 11.5 Å². The van der Waals surface area contributed by atoms with E-state index in [0.29, 0.717) is 25.3 Å². The van der Waals surface area contributed by atoms with E-state index in [1.165, 1.54) is 4.31 Å². The summed E-state index contributed by atoms with van der Waals surface area (Å²) < 4.78 is 37.8. The molecule has 0 saturated heterocycles. The van der Waals surface area contributed by atoms with Gasteiger partial charge in [0, 0.05) is 6.54 Å². The third-order valence-corrected chi connectivity index (χ3v) is 5.69. The highest BCUT2D eigenvalue weighted by molar-refractivity contribution is 7.92. The van der Waals surface area contributed by atoms with E-state index in [1.54, 1.807) is 43.5 Å². The van der Waals surface area contributed by atoms with Crippen LogP contribution in [0.3, 0.4) is 0 Å². The first kappa shape index (κ1) is 15.7. The molecule has 0 radical (unpaired) electrons. The minimum absolute atomic E-state index is 0.268. The zero-order chi connectivity index (χ0) is 16.4. The van der Waals surface area contributed by atoms with Gasteiger partial charge in [0.25, 0.3) is 10.0 Å². The summed E-state index contributed by atoms with van der Waals surface area (Å²) in [4.78, 5) is 0.268. The first-order valence-corrected chi connectivity index (χ1v) is 8.93. The Kier molecular flexibility index (Phi) is 4.17. The summed E-state index contributed by atoms with van der Waals surface area (Å²) >= 11 is 0. The van der Waals surface area contributed by atoms with Crippen LogP contribution in [0.15, 0.2) is 47.4 Å². The van der Waals surface area contributed by atoms with Crippen molar-refractivity contribution >= 4 is 15.7 Å². The Hall–Kier alpha value is -2.21. The lowest BCUT2D eigenvalue weighted by atomic mass is 10.1. The topological polar surface area (TPSA) is 55.8 Å². The van der Waals surface area contributed by atoms with Crippen LogP contribution >= 0.6 is 0 Å². The predicted octanol–water partition coefficient (Wildman–Crippen LogP) is 2.85. The summed E-state index contributed by atoms with van der Waals surface area (Å²) in [6, 6.07) is 12.0. The van der Waals surface area contributed by atoms with Gasteiger partial charge in [-0.3, -0.25) is 4.31 Å². The molecule has 0 atom stereocenters. The fourth-order valence-electron chi connectivity index (χ4n) is 2.73. The first-order chi connectivity index (χ1) is 11.1. The van der Waals surface area contributed by atoms with Crippen molar-refractivity contribution in [1.29, 1.82) is 0 Å². The Balaban J connectivity index is 1.93. The molecule has 0 saturated carbocycles. The number of rotatable bonds is 5. The van der Waals surface area contributed by atoms with Crippen molar-refractivity contribution in [3.05, 3.63) is 48.0 Å². The van der Waals surface area contributed by atoms with Crippen LogP contribution in [0, 0.1) is 0 Å². The third kappa shape index (κ3) is 2.86. The summed E-state index contributed by atoms with van der Waals surface area (Å²) in [5, 5.41) is 0. The molecule has 1 heterocycles. The van der Waals surface area contributed by atoms with E-state index >= 15 is 0 Å². The molecule has 0 unspecified atom stereocenters. The average Bonchev–Trinajstić information content (AvgIpc) is 2.99. The Bertz CT molecular complexity index is 800. The number of nitrogens with zero attached hydrogens (tertiary/aromatic N) is 1. The standard InChI is InChI=1S/C17H19NO4S/c1-3-22-14-4-7-16(8-5-14)23(19,20)18-11-10-13-12-15(21-2)6-9-17(13)18/h4-9,12H,3,10-11H2,1-2H3. The molecule has 0 bridgehead atoms. The van der Waals surface area contributed by atoms with E-state index in [1.807, 2.05) is 13.0 Å². The second-order valence-corrected chi connectivity index (χ2v) is 7.09. The second-order valence-electron chi connectivity index (χ2n) is 5.23. The highest BCUT2D eigenvalue weighted by Crippen LogP contribution is 2.35. The van der Waals surface area contributed by atoms with E-state index in [2.05, 4.69) is 0 Å². The molecule has 0 amide bonds. The van der Waals surface area contributed by atoms with Gasteiger partial charge in [-0.15, -0.1) is 0 Å². The quantitative estimate of drug-likeness (QED) is 0.844. The molecule has 2 aromatic carbocycles. The van der Waals surface area contributed by atoms with Crippen molar-refractivity contribution in [2.75, 3.05) is 24.6 Å². The van der Waals surface area contributed by atoms with E-state index in [0.717, 1.165) is 17.0 Å². The van der Waals surface area contributed by atoms with Gasteiger partial charge in [-0.1, -0.05) is 0 Å². The monoisotopic (exact) mass is 333 g/mol. The number of methoxy groups -OCH3 is 1. The van der Waals surface area contributed by atoms with Crippen molar-refractivity contribution in [3.63, 3.8) is 0 Å². The van der Waals surface area contributed by atoms with Gasteiger partial charge in [-0.05, 0) is 61.4 Å². The predicted molar refractivity (Wildman–Crippen MR) is 88.8 cm³/mol. The first-order valence-electron chi connectivity index (χ1n) is 7.49. The van der Waals surface area contributed by atoms with Crippen LogP contribution in [0.25, 0.3) is 0 Å². The Morgan fingerprint density at radius 3 is 2.43 bits per heavy atom. The smallest absolute Gasteiger partial charge is 0.264 e. The molecular weight excluding hydrogens is 314 g/mol. The van der Waals surface area contributed by atoms with Gasteiger partial charge < -0.3 is 9.47 Å². The zero-order valence-electron chi connectivity index (χ0n) is 13.2. The number of fused-ring (bicyclic) bond motifs is 1. The molecule has 0 spiro atoms. The molecule has 5 nitrogen and oxygen atoms in total. The Morgan fingerprint density at radius 1 is 1.09 bits per heavy atom. The zero-order valence-corrected chi connectivity index (χ0v) is 14.0. The third-order valence-electron chi connectivity index (χ3n) is 3.86. The molecule has 122 valence electrons. The normalized spacial score (nSPS) is 13.7. The fourth-order valence-corrected chi connectivity index (χ4v) is 4.23. The molecular formula is C17H19NO4S. The number of hydrogen-bond acceptors (Lipinski definition) is 4. The Morgan fingerprint density at radius 2 is 1.78 bits per heavy atom. The number of sulfonamides is 1. The van der Waals surface area contributed by atoms with Crippen molar-refractivity contribution in [2.45, 2.75) is 18.2 Å². The fraction of sp³-hybridized carbons (Fsp3) is 0.294. The van der Waals surface area contributed by atoms with Crippen molar-refractivity contribution in [3.8, 4) is 11.5 Å². The van der Waals surface area contributed by atoms with Gasteiger partial charge >= 0.3 is 0 Å². The number of anilines is 1.